The Labute approximate surface area is 194 Å². The van der Waals surface area contributed by atoms with Crippen molar-refractivity contribution < 1.29 is 18.7 Å². The van der Waals surface area contributed by atoms with Gasteiger partial charge in [0.1, 0.15) is 12.2 Å². The number of hydrogen-bond acceptors (Lipinski definition) is 9. The monoisotopic (exact) mass is 461 g/mol. The molecule has 1 aliphatic rings. The van der Waals surface area contributed by atoms with Crippen LogP contribution in [0, 0.1) is 0 Å². The van der Waals surface area contributed by atoms with Crippen molar-refractivity contribution in [2.75, 3.05) is 37.8 Å². The summed E-state index contributed by atoms with van der Waals surface area (Å²) >= 11 is 0. The van der Waals surface area contributed by atoms with Crippen molar-refractivity contribution >= 4 is 23.0 Å². The molecule has 1 fully saturated rings. The second-order valence-electron chi connectivity index (χ2n) is 7.67. The predicted octanol–water partition coefficient (Wildman–Crippen LogP) is 2.51. The molecule has 1 saturated heterocycles. The van der Waals surface area contributed by atoms with Gasteiger partial charge in [0.25, 0.3) is 5.56 Å². The predicted molar refractivity (Wildman–Crippen MR) is 124 cm³/mol. The lowest BCUT2D eigenvalue weighted by molar-refractivity contribution is -0.143. The minimum absolute atomic E-state index is 0.136. The van der Waals surface area contributed by atoms with E-state index in [1.165, 1.54) is 4.57 Å². The number of aromatic nitrogens is 4. The Bertz CT molecular complexity index is 1380. The molecule has 34 heavy (non-hydrogen) atoms. The van der Waals surface area contributed by atoms with E-state index < -0.39 is 11.5 Å². The highest BCUT2D eigenvalue weighted by molar-refractivity contribution is 5.78. The molecule has 5 rings (SSSR count). The van der Waals surface area contributed by atoms with Gasteiger partial charge in [0.15, 0.2) is 11.3 Å². The van der Waals surface area contributed by atoms with E-state index in [0.29, 0.717) is 55.1 Å². The summed E-state index contributed by atoms with van der Waals surface area (Å²) in [6, 6.07) is 13.0. The Morgan fingerprint density at radius 3 is 2.65 bits per heavy atom. The average molecular weight is 461 g/mol. The fourth-order valence-corrected chi connectivity index (χ4v) is 3.81. The number of rotatable bonds is 6. The normalized spacial score (nSPS) is 13.9. The quantitative estimate of drug-likeness (QED) is 0.400. The molecular weight excluding hydrogens is 438 g/mol. The van der Waals surface area contributed by atoms with Crippen LogP contribution in [0.1, 0.15) is 6.92 Å². The van der Waals surface area contributed by atoms with E-state index >= 15 is 0 Å². The third-order valence-corrected chi connectivity index (χ3v) is 5.45. The van der Waals surface area contributed by atoms with Crippen LogP contribution in [0.15, 0.2) is 57.9 Å². The molecule has 10 nitrogen and oxygen atoms in total. The van der Waals surface area contributed by atoms with Crippen LogP contribution < -0.4 is 10.5 Å². The highest BCUT2D eigenvalue weighted by Gasteiger charge is 2.22. The third-order valence-electron chi connectivity index (χ3n) is 5.45. The molecule has 4 heterocycles. The summed E-state index contributed by atoms with van der Waals surface area (Å²) in [5.74, 6) is 0.765. The minimum atomic E-state index is -0.515. The van der Waals surface area contributed by atoms with Gasteiger partial charge in [-0.05, 0) is 31.2 Å². The maximum Gasteiger partial charge on any atom is 0.326 e. The number of carbonyl (C=O) groups is 1. The molecule has 3 aromatic heterocycles. The summed E-state index contributed by atoms with van der Waals surface area (Å²) < 4.78 is 17.7. The van der Waals surface area contributed by atoms with E-state index in [2.05, 4.69) is 15.0 Å². The molecular formula is C24H23N5O5. The van der Waals surface area contributed by atoms with E-state index in [0.717, 1.165) is 5.56 Å². The topological polar surface area (TPSA) is 113 Å². The molecule has 0 unspecified atom stereocenters. The lowest BCUT2D eigenvalue weighted by Crippen LogP contribution is -2.41. The summed E-state index contributed by atoms with van der Waals surface area (Å²) in [6.45, 7) is 3.84. The number of esters is 1. The van der Waals surface area contributed by atoms with Crippen molar-refractivity contribution in [3.8, 4) is 22.9 Å². The molecule has 0 amide bonds. The van der Waals surface area contributed by atoms with Gasteiger partial charge >= 0.3 is 5.97 Å². The lowest BCUT2D eigenvalue weighted by atomic mass is 10.2. The number of anilines is 1. The van der Waals surface area contributed by atoms with Crippen LogP contribution in [-0.2, 0) is 20.8 Å². The Kier molecular flexibility index (Phi) is 6.05. The van der Waals surface area contributed by atoms with Gasteiger partial charge < -0.3 is 18.8 Å². The Hall–Kier alpha value is -4.05. The first-order valence-electron chi connectivity index (χ1n) is 11.1. The minimum Gasteiger partial charge on any atom is -0.465 e. The summed E-state index contributed by atoms with van der Waals surface area (Å²) in [6.07, 6.45) is 1.57. The van der Waals surface area contributed by atoms with E-state index in [-0.39, 0.29) is 18.7 Å². The summed E-state index contributed by atoms with van der Waals surface area (Å²) in [5, 5.41) is 0. The molecule has 0 radical (unpaired) electrons. The molecule has 174 valence electrons. The summed E-state index contributed by atoms with van der Waals surface area (Å²) in [7, 11) is 0. The maximum absolute atomic E-state index is 13.5. The molecule has 0 saturated carbocycles. The number of hydrogen-bond donors (Lipinski definition) is 0. The van der Waals surface area contributed by atoms with Gasteiger partial charge in [-0.15, -0.1) is 0 Å². The van der Waals surface area contributed by atoms with Crippen molar-refractivity contribution in [3.05, 3.63) is 59.0 Å². The highest BCUT2D eigenvalue weighted by atomic mass is 16.5. The summed E-state index contributed by atoms with van der Waals surface area (Å²) in [4.78, 5) is 41.2. The first kappa shape index (κ1) is 21.8. The van der Waals surface area contributed by atoms with Crippen LogP contribution >= 0.6 is 0 Å². The van der Waals surface area contributed by atoms with Crippen LogP contribution in [0.4, 0.5) is 5.95 Å². The molecule has 1 aliphatic heterocycles. The van der Waals surface area contributed by atoms with Crippen molar-refractivity contribution in [2.45, 2.75) is 13.5 Å². The van der Waals surface area contributed by atoms with Crippen LogP contribution in [0.25, 0.3) is 33.9 Å². The SMILES string of the molecule is CCOC(=O)Cn1c(N2CCOCC2)nc2ccc(-c3cnc(-c4ccccc4)o3)nc2c1=O. The second kappa shape index (κ2) is 9.44. The molecule has 0 aliphatic carbocycles. The van der Waals surface area contributed by atoms with Crippen molar-refractivity contribution in [1.29, 1.82) is 0 Å². The number of ether oxygens (including phenoxy) is 2. The zero-order chi connectivity index (χ0) is 23.5. The van der Waals surface area contributed by atoms with Gasteiger partial charge in [-0.2, -0.15) is 0 Å². The van der Waals surface area contributed by atoms with Crippen LogP contribution in [0.2, 0.25) is 0 Å². The van der Waals surface area contributed by atoms with Gasteiger partial charge in [-0.3, -0.25) is 14.2 Å². The zero-order valence-corrected chi connectivity index (χ0v) is 18.6. The Morgan fingerprint density at radius 2 is 1.88 bits per heavy atom. The van der Waals surface area contributed by atoms with Crippen LogP contribution in [-0.4, -0.2) is 58.4 Å². The molecule has 0 bridgehead atoms. The highest BCUT2D eigenvalue weighted by Crippen LogP contribution is 2.26. The molecule has 0 spiro atoms. The largest absolute Gasteiger partial charge is 0.465 e. The van der Waals surface area contributed by atoms with E-state index in [1.54, 1.807) is 25.3 Å². The number of morpholine rings is 1. The lowest BCUT2D eigenvalue weighted by Gasteiger charge is -2.29. The van der Waals surface area contributed by atoms with Crippen LogP contribution in [0.5, 0.6) is 0 Å². The molecule has 4 aromatic rings. The summed E-state index contributed by atoms with van der Waals surface area (Å²) in [5.41, 5.74) is 1.42. The van der Waals surface area contributed by atoms with Crippen molar-refractivity contribution in [2.24, 2.45) is 0 Å². The maximum atomic E-state index is 13.5. The van der Waals surface area contributed by atoms with Crippen LogP contribution in [0.3, 0.4) is 0 Å². The molecule has 0 N–H and O–H groups in total. The molecule has 10 heteroatoms. The fourth-order valence-electron chi connectivity index (χ4n) is 3.81. The Morgan fingerprint density at radius 1 is 1.09 bits per heavy atom. The number of benzene rings is 1. The zero-order valence-electron chi connectivity index (χ0n) is 18.6. The standard InChI is InChI=1S/C24H23N5O5/c1-2-33-20(30)15-29-23(31)21-18(27-24(29)28-10-12-32-13-11-28)9-8-17(26-21)19-14-25-22(34-19)16-6-4-3-5-7-16/h3-9,14H,2,10-13,15H2,1H3. The number of oxazole rings is 1. The Balaban J connectivity index is 1.58. The first-order valence-corrected chi connectivity index (χ1v) is 11.1. The smallest absolute Gasteiger partial charge is 0.326 e. The number of nitrogens with zero attached hydrogens (tertiary/aromatic N) is 5. The van der Waals surface area contributed by atoms with E-state index in [9.17, 15) is 9.59 Å². The number of pyridine rings is 1. The third kappa shape index (κ3) is 4.27. The number of carbonyl (C=O) groups excluding carboxylic acids is 1. The molecule has 0 atom stereocenters. The van der Waals surface area contributed by atoms with Crippen molar-refractivity contribution in [1.82, 2.24) is 19.5 Å². The van der Waals surface area contributed by atoms with Gasteiger partial charge in [-0.1, -0.05) is 18.2 Å². The van der Waals surface area contributed by atoms with Gasteiger partial charge in [-0.25, -0.2) is 15.0 Å². The average Bonchev–Trinajstić information content (AvgIpc) is 3.37. The van der Waals surface area contributed by atoms with Gasteiger partial charge in [0, 0.05) is 18.7 Å². The molecule has 1 aromatic carbocycles. The first-order chi connectivity index (χ1) is 16.6. The van der Waals surface area contributed by atoms with Gasteiger partial charge in [0.2, 0.25) is 11.8 Å². The number of fused-ring (bicyclic) bond motifs is 1. The second-order valence-corrected chi connectivity index (χ2v) is 7.67. The van der Waals surface area contributed by atoms with E-state index in [4.69, 9.17) is 13.9 Å². The van der Waals surface area contributed by atoms with Gasteiger partial charge in [0.05, 0.1) is 31.5 Å². The fraction of sp³-hybridized carbons (Fsp3) is 0.292. The van der Waals surface area contributed by atoms with Crippen molar-refractivity contribution in [3.63, 3.8) is 0 Å². The van der Waals surface area contributed by atoms with E-state index in [1.807, 2.05) is 35.2 Å².